The van der Waals surface area contributed by atoms with Crippen LogP contribution in [0.1, 0.15) is 63.9 Å². The van der Waals surface area contributed by atoms with Gasteiger partial charge in [0.25, 0.3) is 0 Å². The number of guanidine groups is 2. The van der Waals surface area contributed by atoms with Gasteiger partial charge in [-0.3, -0.25) is 67.5 Å². The van der Waals surface area contributed by atoms with Gasteiger partial charge in [-0.1, -0.05) is 33.7 Å². The summed E-state index contributed by atoms with van der Waals surface area (Å²) in [5.74, 6) is -12.7. The van der Waals surface area contributed by atoms with Crippen LogP contribution in [0.4, 0.5) is 0 Å². The van der Waals surface area contributed by atoms with Crippen molar-refractivity contribution in [3.05, 3.63) is 29.8 Å². The van der Waals surface area contributed by atoms with Gasteiger partial charge >= 0.3 is 5.97 Å². The van der Waals surface area contributed by atoms with Crippen molar-refractivity contribution >= 4 is 104 Å². The highest BCUT2D eigenvalue weighted by Gasteiger charge is 2.40. The summed E-state index contributed by atoms with van der Waals surface area (Å²) in [6, 6.07) is -5.84. The third kappa shape index (κ3) is 22.6. The Hall–Kier alpha value is -8.10. The first-order valence-electron chi connectivity index (χ1n) is 24.3. The van der Waals surface area contributed by atoms with Gasteiger partial charge in [0.05, 0.1) is 26.5 Å². The number of carboxylic acid groups (broad SMARTS) is 1. The van der Waals surface area contributed by atoms with E-state index in [0.29, 0.717) is 11.3 Å². The fourth-order valence-electron chi connectivity index (χ4n) is 7.79. The van der Waals surface area contributed by atoms with Crippen LogP contribution in [0.2, 0.25) is 0 Å². The van der Waals surface area contributed by atoms with Crippen molar-refractivity contribution in [3.63, 3.8) is 0 Å². The molecule has 78 heavy (non-hydrogen) atoms. The molecule has 2 heterocycles. The molecule has 2 aliphatic rings. The average Bonchev–Trinajstić information content (AvgIpc) is 3.87. The van der Waals surface area contributed by atoms with Gasteiger partial charge in [0.1, 0.15) is 54.1 Å². The molecule has 0 aliphatic carbocycles. The molecule has 11 amide bonds. The summed E-state index contributed by atoms with van der Waals surface area (Å²) in [6.45, 7) is 0.154. The molecule has 0 aromatic heterocycles. The van der Waals surface area contributed by atoms with Crippen LogP contribution in [0.25, 0.3) is 0 Å². The molecular formula is C45H69N17O14S2. The lowest BCUT2D eigenvalue weighted by Gasteiger charge is -2.30. The van der Waals surface area contributed by atoms with E-state index in [1.165, 1.54) is 7.11 Å². The maximum atomic E-state index is 14.3. The van der Waals surface area contributed by atoms with Gasteiger partial charge in [-0.15, -0.1) is 0 Å². The van der Waals surface area contributed by atoms with Gasteiger partial charge in [0.15, 0.2) is 11.9 Å². The molecule has 0 spiro atoms. The number of aliphatic carboxylic acids is 1. The van der Waals surface area contributed by atoms with Gasteiger partial charge in [0.2, 0.25) is 65.0 Å². The third-order valence-electron chi connectivity index (χ3n) is 11.6. The topological polar surface area (TPSA) is 515 Å². The second kappa shape index (κ2) is 32.5. The molecule has 430 valence electrons. The number of amides is 11. The molecule has 1 aromatic rings. The van der Waals surface area contributed by atoms with Gasteiger partial charge < -0.3 is 91.7 Å². The summed E-state index contributed by atoms with van der Waals surface area (Å²) >= 11 is 0. The van der Waals surface area contributed by atoms with Crippen molar-refractivity contribution in [2.45, 2.75) is 113 Å². The number of carboxylic acids is 1. The maximum absolute atomic E-state index is 14.3. The number of aliphatic imine (C=N–C) groups is 2. The monoisotopic (exact) mass is 1140 g/mol. The zero-order chi connectivity index (χ0) is 58.1. The number of methoxy groups -OCH3 is 1. The minimum atomic E-state index is -1.88. The fraction of sp³-hybridized carbons (Fsp3) is 0.556. The van der Waals surface area contributed by atoms with Crippen molar-refractivity contribution in [2.24, 2.45) is 44.4 Å². The Balaban J connectivity index is 2.13. The summed E-state index contributed by atoms with van der Waals surface area (Å²) < 4.78 is 5.22. The van der Waals surface area contributed by atoms with Crippen LogP contribution in [0.3, 0.4) is 0 Å². The number of nitrogens with one attached hydrogen (secondary N) is 8. The van der Waals surface area contributed by atoms with E-state index in [0.717, 1.165) is 33.4 Å². The van der Waals surface area contributed by atoms with Crippen LogP contribution >= 0.6 is 21.6 Å². The van der Waals surface area contributed by atoms with Crippen LogP contribution in [-0.4, -0.2) is 186 Å². The Morgan fingerprint density at radius 1 is 0.692 bits per heavy atom. The molecule has 33 heteroatoms. The first-order chi connectivity index (χ1) is 36.9. The molecular weight excluding hydrogens is 1070 g/mol. The Bertz CT molecular complexity index is 2410. The number of hydrogen-bond donors (Lipinski definition) is 15. The van der Waals surface area contributed by atoms with Crippen LogP contribution in [0.5, 0.6) is 5.75 Å². The summed E-state index contributed by atoms with van der Waals surface area (Å²) in [4.78, 5) is 170. The number of benzene rings is 1. The fourth-order valence-corrected chi connectivity index (χ4v) is 10.1. The minimum Gasteiger partial charge on any atom is -0.497 e. The molecule has 0 radical (unpaired) electrons. The second-order valence-corrected chi connectivity index (χ2v) is 20.3. The smallest absolute Gasteiger partial charge is 0.305 e. The zero-order valence-corrected chi connectivity index (χ0v) is 44.5. The molecule has 2 saturated heterocycles. The van der Waals surface area contributed by atoms with E-state index in [-0.39, 0.29) is 88.0 Å². The van der Waals surface area contributed by atoms with Crippen LogP contribution in [0.15, 0.2) is 34.3 Å². The predicted molar refractivity (Wildman–Crippen MR) is 284 cm³/mol. The number of nitrogens with two attached hydrogens (primary N) is 6. The molecule has 2 fully saturated rings. The molecule has 2 aliphatic heterocycles. The number of carbonyl (C=O) groups is 12. The molecule has 0 unspecified atom stereocenters. The van der Waals surface area contributed by atoms with Gasteiger partial charge in [-0.25, -0.2) is 0 Å². The van der Waals surface area contributed by atoms with Gasteiger partial charge in [-0.05, 0) is 56.2 Å². The Labute approximate surface area is 455 Å². The number of rotatable bonds is 17. The van der Waals surface area contributed by atoms with Crippen LogP contribution < -0.4 is 81.7 Å². The van der Waals surface area contributed by atoms with E-state index < -0.39 is 139 Å². The largest absolute Gasteiger partial charge is 0.497 e. The first kappa shape index (κ1) is 64.2. The van der Waals surface area contributed by atoms with Crippen molar-refractivity contribution in [1.82, 2.24) is 47.4 Å². The van der Waals surface area contributed by atoms with Crippen LogP contribution in [0, 0.1) is 0 Å². The molecule has 21 N–H and O–H groups in total. The number of nitrogens with zero attached hydrogens (tertiary/aromatic N) is 3. The van der Waals surface area contributed by atoms with E-state index in [1.807, 2.05) is 0 Å². The third-order valence-corrected chi connectivity index (χ3v) is 14.0. The number of fused-ring (bicyclic) bond motifs is 1. The molecule has 0 bridgehead atoms. The summed E-state index contributed by atoms with van der Waals surface area (Å²) in [7, 11) is 3.28. The molecule has 31 nitrogen and oxygen atoms in total. The van der Waals surface area contributed by atoms with E-state index in [9.17, 15) is 62.6 Å². The predicted octanol–water partition coefficient (Wildman–Crippen LogP) is -6.90. The highest BCUT2D eigenvalue weighted by Crippen LogP contribution is 2.24. The van der Waals surface area contributed by atoms with E-state index in [4.69, 9.17) is 39.1 Å². The number of carbonyl (C=O) groups excluding carboxylic acids is 11. The second-order valence-electron chi connectivity index (χ2n) is 17.8. The van der Waals surface area contributed by atoms with Gasteiger partial charge in [-0.2, -0.15) is 0 Å². The van der Waals surface area contributed by atoms with Crippen molar-refractivity contribution in [2.75, 3.05) is 44.8 Å². The molecule has 1 aromatic carbocycles. The average molecular weight is 1140 g/mol. The van der Waals surface area contributed by atoms with Crippen molar-refractivity contribution in [3.8, 4) is 5.75 Å². The standard InChI is InChI=1S/C45H69N17O14S2/c1-22(63)55-31-21-78-77-20-30(36(47)68)61-38(70)26(7-4-14-53-45(50)51)57-39(71)27(16-23-9-11-24(76-2)12-10-23)59-40(72)28(18-35(66)67)56-34(65)19-54-37(69)25(6-3-13-52-44(48)49)58-42(74)32-8-5-15-62(32)43(75)29(17-33(46)64)60-41(31)73/h9-12,25-32H,3-8,13-21H2,1-2H3,(H2,46,64)(H2,47,68)(H,54,69)(H,55,63)(H,56,65)(H,57,71)(H,58,74)(H,59,72)(H,60,73)(H,61,70)(H,66,67)(H4,48,49,52)(H4,50,51,53)/t25-,26+,27-,28-,29-,30-,31-,32-/m0/s1. The lowest BCUT2D eigenvalue weighted by molar-refractivity contribution is -0.143. The normalized spacial score (nSPS) is 23.7. The minimum absolute atomic E-state index is 0.00763. The van der Waals surface area contributed by atoms with E-state index in [1.54, 1.807) is 24.3 Å². The molecule has 0 saturated carbocycles. The highest BCUT2D eigenvalue weighted by atomic mass is 33.1. The Morgan fingerprint density at radius 2 is 1.24 bits per heavy atom. The van der Waals surface area contributed by atoms with Crippen LogP contribution in [-0.2, 0) is 64.0 Å². The lowest BCUT2D eigenvalue weighted by Crippen LogP contribution is -2.59. The molecule has 3 rings (SSSR count). The maximum Gasteiger partial charge on any atom is 0.305 e. The number of ether oxygens (including phenoxy) is 1. The number of hydrogen-bond acceptors (Lipinski definition) is 17. The highest BCUT2D eigenvalue weighted by molar-refractivity contribution is 8.76. The quantitative estimate of drug-likeness (QED) is 0.0298. The SMILES string of the molecule is COc1ccc(C[C@@H]2NC(=O)[C@H](CC(=O)O)NC(=O)CNC(=O)[C@H](CCCN=C(N)N)NC(=O)[C@@H]3CCCN3C(=O)[C@H](CC(N)=O)NC(=O)[C@@H](NC(C)=O)CSSC[C@@H](C(N)=O)NC(=O)[C@@H](CCCN=C(N)N)NC2=O)cc1. The lowest BCUT2D eigenvalue weighted by atomic mass is 10.0. The Morgan fingerprint density at radius 3 is 1.81 bits per heavy atom. The van der Waals surface area contributed by atoms with Crippen molar-refractivity contribution < 1.29 is 67.4 Å². The number of primary amides is 2. The Kier molecular flexibility index (Phi) is 26.7. The van der Waals surface area contributed by atoms with Gasteiger partial charge in [0, 0.05) is 44.5 Å². The summed E-state index contributed by atoms with van der Waals surface area (Å²) in [5, 5.41) is 29.4. The zero-order valence-electron chi connectivity index (χ0n) is 42.9. The van der Waals surface area contributed by atoms with E-state index >= 15 is 0 Å². The summed E-state index contributed by atoms with van der Waals surface area (Å²) in [6.07, 6.45) is -1.87. The van der Waals surface area contributed by atoms with Crippen molar-refractivity contribution in [1.29, 1.82) is 0 Å². The van der Waals surface area contributed by atoms with E-state index in [2.05, 4.69) is 52.5 Å². The summed E-state index contributed by atoms with van der Waals surface area (Å²) in [5.41, 5.74) is 33.5. The molecule has 8 atom stereocenters. The first-order valence-corrected chi connectivity index (χ1v) is 26.8.